The zero-order valence-corrected chi connectivity index (χ0v) is 13.7. The molecule has 0 spiro atoms. The van der Waals surface area contributed by atoms with Gasteiger partial charge in [0.1, 0.15) is 11.3 Å². The topological polar surface area (TPSA) is 56.2 Å². The van der Waals surface area contributed by atoms with E-state index >= 15 is 0 Å². The van der Waals surface area contributed by atoms with E-state index < -0.39 is 5.63 Å². The third-order valence-electron chi connectivity index (χ3n) is 4.49. The second-order valence-corrected chi connectivity index (χ2v) is 6.09. The lowest BCUT2D eigenvalue weighted by Crippen LogP contribution is -2.02. The van der Waals surface area contributed by atoms with Crippen molar-refractivity contribution in [3.05, 3.63) is 89.3 Å². The summed E-state index contributed by atoms with van der Waals surface area (Å²) in [5.41, 5.74) is 1.89. The fourth-order valence-electron chi connectivity index (χ4n) is 3.19. The Hall–Kier alpha value is -3.66. The van der Waals surface area contributed by atoms with Gasteiger partial charge in [-0.05, 0) is 22.9 Å². The van der Waals surface area contributed by atoms with Gasteiger partial charge in [0.25, 0.3) is 0 Å². The molecule has 0 atom stereocenters. The minimum absolute atomic E-state index is 0.389. The highest BCUT2D eigenvalue weighted by Crippen LogP contribution is 2.29. The second kappa shape index (κ2) is 5.70. The minimum atomic E-state index is -0.430. The van der Waals surface area contributed by atoms with E-state index in [9.17, 15) is 4.79 Å². The van der Waals surface area contributed by atoms with Crippen LogP contribution < -0.4 is 5.63 Å². The molecule has 5 aromatic rings. The monoisotopic (exact) mass is 339 g/mol. The van der Waals surface area contributed by atoms with E-state index in [1.54, 1.807) is 6.07 Å². The standard InChI is InChI=1S/C22H13NO3/c24-22-18(19-13-21(26-23-19)15-7-2-1-3-8-15)12-17-16-9-5-4-6-14(16)10-11-20(17)25-22/h1-13H. The van der Waals surface area contributed by atoms with E-state index in [-0.39, 0.29) is 0 Å². The lowest BCUT2D eigenvalue weighted by atomic mass is 10.0. The molecule has 0 saturated carbocycles. The molecule has 0 saturated heterocycles. The van der Waals surface area contributed by atoms with Crippen LogP contribution in [0.2, 0.25) is 0 Å². The SMILES string of the molecule is O=c1oc2ccc3ccccc3c2cc1-c1cc(-c2ccccc2)on1. The fourth-order valence-corrected chi connectivity index (χ4v) is 3.19. The smallest absolute Gasteiger partial charge is 0.345 e. The molecular weight excluding hydrogens is 326 g/mol. The van der Waals surface area contributed by atoms with Crippen molar-refractivity contribution >= 4 is 21.7 Å². The summed E-state index contributed by atoms with van der Waals surface area (Å²) in [4.78, 5) is 12.5. The molecule has 0 fully saturated rings. The molecule has 0 N–H and O–H groups in total. The maximum absolute atomic E-state index is 12.5. The predicted molar refractivity (Wildman–Crippen MR) is 101 cm³/mol. The first-order valence-electron chi connectivity index (χ1n) is 8.28. The van der Waals surface area contributed by atoms with Gasteiger partial charge < -0.3 is 8.94 Å². The number of fused-ring (bicyclic) bond motifs is 3. The van der Waals surface area contributed by atoms with Crippen LogP contribution in [0, 0.1) is 0 Å². The Labute approximate surface area is 148 Å². The highest BCUT2D eigenvalue weighted by Gasteiger charge is 2.15. The van der Waals surface area contributed by atoms with Crippen molar-refractivity contribution in [1.29, 1.82) is 0 Å². The molecule has 124 valence electrons. The average molecular weight is 339 g/mol. The van der Waals surface area contributed by atoms with Crippen molar-refractivity contribution in [2.75, 3.05) is 0 Å². The van der Waals surface area contributed by atoms with E-state index in [1.165, 1.54) is 0 Å². The van der Waals surface area contributed by atoms with Gasteiger partial charge in [0.15, 0.2) is 5.76 Å². The summed E-state index contributed by atoms with van der Waals surface area (Å²) >= 11 is 0. The first-order valence-corrected chi connectivity index (χ1v) is 8.28. The van der Waals surface area contributed by atoms with Gasteiger partial charge in [-0.1, -0.05) is 65.8 Å². The van der Waals surface area contributed by atoms with Gasteiger partial charge in [-0.15, -0.1) is 0 Å². The van der Waals surface area contributed by atoms with Crippen LogP contribution in [0.4, 0.5) is 0 Å². The van der Waals surface area contributed by atoms with Crippen molar-refractivity contribution in [2.45, 2.75) is 0 Å². The molecule has 2 aromatic heterocycles. The van der Waals surface area contributed by atoms with E-state index in [0.717, 1.165) is 21.7 Å². The highest BCUT2D eigenvalue weighted by molar-refractivity contribution is 6.06. The first-order chi connectivity index (χ1) is 12.8. The summed E-state index contributed by atoms with van der Waals surface area (Å²) in [7, 11) is 0. The Morgan fingerprint density at radius 2 is 1.58 bits per heavy atom. The number of rotatable bonds is 2. The van der Waals surface area contributed by atoms with Crippen LogP contribution in [-0.2, 0) is 0 Å². The van der Waals surface area contributed by atoms with Gasteiger partial charge in [-0.25, -0.2) is 4.79 Å². The van der Waals surface area contributed by atoms with Gasteiger partial charge in [0.2, 0.25) is 0 Å². The van der Waals surface area contributed by atoms with Crippen molar-refractivity contribution < 1.29 is 8.94 Å². The quantitative estimate of drug-likeness (QED) is 0.325. The Kier molecular flexibility index (Phi) is 3.22. The Morgan fingerprint density at radius 1 is 0.769 bits per heavy atom. The fraction of sp³-hybridized carbons (Fsp3) is 0. The van der Waals surface area contributed by atoms with E-state index in [2.05, 4.69) is 5.16 Å². The van der Waals surface area contributed by atoms with Crippen molar-refractivity contribution in [2.24, 2.45) is 0 Å². The summed E-state index contributed by atoms with van der Waals surface area (Å²) < 4.78 is 11.0. The van der Waals surface area contributed by atoms with Crippen LogP contribution in [0.1, 0.15) is 0 Å². The van der Waals surface area contributed by atoms with Crippen molar-refractivity contribution in [1.82, 2.24) is 5.16 Å². The molecule has 0 aliphatic rings. The molecule has 4 heteroatoms. The molecule has 26 heavy (non-hydrogen) atoms. The van der Waals surface area contributed by atoms with Crippen LogP contribution in [-0.4, -0.2) is 5.16 Å². The summed E-state index contributed by atoms with van der Waals surface area (Å²) in [6.07, 6.45) is 0. The summed E-state index contributed by atoms with van der Waals surface area (Å²) in [5, 5.41) is 7.07. The third-order valence-corrected chi connectivity index (χ3v) is 4.49. The van der Waals surface area contributed by atoms with Crippen LogP contribution in [0.15, 0.2) is 92.6 Å². The highest BCUT2D eigenvalue weighted by atomic mass is 16.5. The molecule has 4 nitrogen and oxygen atoms in total. The first kappa shape index (κ1) is 14.7. The van der Waals surface area contributed by atoms with Crippen LogP contribution in [0.25, 0.3) is 44.3 Å². The second-order valence-electron chi connectivity index (χ2n) is 6.09. The Bertz CT molecular complexity index is 1300. The number of benzene rings is 3. The molecule has 0 unspecified atom stereocenters. The Balaban J connectivity index is 1.72. The van der Waals surface area contributed by atoms with Gasteiger partial charge in [0.05, 0.1) is 5.56 Å². The third kappa shape index (κ3) is 2.31. The van der Waals surface area contributed by atoms with Gasteiger partial charge >= 0.3 is 5.63 Å². The molecule has 0 aliphatic heterocycles. The summed E-state index contributed by atoms with van der Waals surface area (Å²) in [6.45, 7) is 0. The molecule has 0 bridgehead atoms. The lowest BCUT2D eigenvalue weighted by molar-refractivity contribution is 0.434. The molecule has 3 aromatic carbocycles. The lowest BCUT2D eigenvalue weighted by Gasteiger charge is -2.03. The van der Waals surface area contributed by atoms with E-state index in [1.807, 2.05) is 72.8 Å². The zero-order chi connectivity index (χ0) is 17.5. The van der Waals surface area contributed by atoms with Gasteiger partial charge in [0, 0.05) is 17.0 Å². The van der Waals surface area contributed by atoms with Crippen LogP contribution >= 0.6 is 0 Å². The van der Waals surface area contributed by atoms with Crippen LogP contribution in [0.3, 0.4) is 0 Å². The summed E-state index contributed by atoms with van der Waals surface area (Å²) in [6, 6.07) is 25.0. The molecular formula is C22H13NO3. The molecule has 5 rings (SSSR count). The molecule has 0 radical (unpaired) electrons. The average Bonchev–Trinajstić information content (AvgIpc) is 3.18. The van der Waals surface area contributed by atoms with E-state index in [4.69, 9.17) is 8.94 Å². The van der Waals surface area contributed by atoms with Gasteiger partial charge in [-0.2, -0.15) is 0 Å². The van der Waals surface area contributed by atoms with E-state index in [0.29, 0.717) is 22.6 Å². The summed E-state index contributed by atoms with van der Waals surface area (Å²) in [5.74, 6) is 0.609. The zero-order valence-electron chi connectivity index (χ0n) is 13.7. The predicted octanol–water partition coefficient (Wildman–Crippen LogP) is 5.27. The normalized spacial score (nSPS) is 11.2. The molecule has 0 aliphatic carbocycles. The van der Waals surface area contributed by atoms with Gasteiger partial charge in [-0.3, -0.25) is 0 Å². The number of hydrogen-bond donors (Lipinski definition) is 0. The molecule has 2 heterocycles. The number of aromatic nitrogens is 1. The number of nitrogens with zero attached hydrogens (tertiary/aromatic N) is 1. The molecule has 0 amide bonds. The van der Waals surface area contributed by atoms with Crippen LogP contribution in [0.5, 0.6) is 0 Å². The van der Waals surface area contributed by atoms with Crippen molar-refractivity contribution in [3.63, 3.8) is 0 Å². The Morgan fingerprint density at radius 3 is 2.46 bits per heavy atom. The number of hydrogen-bond acceptors (Lipinski definition) is 4. The maximum atomic E-state index is 12.5. The largest absolute Gasteiger partial charge is 0.422 e. The minimum Gasteiger partial charge on any atom is -0.422 e. The van der Waals surface area contributed by atoms with Crippen molar-refractivity contribution in [3.8, 4) is 22.6 Å². The maximum Gasteiger partial charge on any atom is 0.345 e.